The van der Waals surface area contributed by atoms with Crippen LogP contribution in [0.15, 0.2) is 39.2 Å². The van der Waals surface area contributed by atoms with Gasteiger partial charge in [0, 0.05) is 11.4 Å². The van der Waals surface area contributed by atoms with Gasteiger partial charge >= 0.3 is 0 Å². The molecule has 2 aliphatic rings. The van der Waals surface area contributed by atoms with Crippen molar-refractivity contribution in [2.45, 2.75) is 27.7 Å². The summed E-state index contributed by atoms with van der Waals surface area (Å²) in [5.41, 5.74) is 6.83. The largest absolute Gasteiger partial charge is 0.317 e. The normalized spacial score (nSPS) is 17.7. The van der Waals surface area contributed by atoms with Gasteiger partial charge in [0.1, 0.15) is 5.84 Å². The van der Waals surface area contributed by atoms with Crippen LogP contribution in [0.1, 0.15) is 28.1 Å². The van der Waals surface area contributed by atoms with E-state index >= 15 is 0 Å². The highest BCUT2D eigenvalue weighted by Gasteiger charge is 2.37. The Hall–Kier alpha value is -2.58. The Morgan fingerprint density at radius 1 is 1.17 bits per heavy atom. The lowest BCUT2D eigenvalue weighted by Gasteiger charge is -2.23. The number of aryl methyl sites for hydroxylation is 3. The fraction of sp³-hybridized carbons (Fsp3) is 0.238. The highest BCUT2D eigenvalue weighted by Crippen LogP contribution is 2.32. The van der Waals surface area contributed by atoms with E-state index in [1.165, 1.54) is 22.9 Å². The number of rotatable bonds is 2. The van der Waals surface area contributed by atoms with Crippen LogP contribution in [-0.4, -0.2) is 37.8 Å². The summed E-state index contributed by atoms with van der Waals surface area (Å²) in [7, 11) is 0. The summed E-state index contributed by atoms with van der Waals surface area (Å²) in [5, 5.41) is 9.70. The van der Waals surface area contributed by atoms with Crippen LogP contribution in [-0.2, 0) is 4.79 Å². The highest BCUT2D eigenvalue weighted by atomic mass is 32.2. The molecule has 29 heavy (non-hydrogen) atoms. The Bertz CT molecular complexity index is 1140. The number of amides is 1. The molecule has 0 bridgehead atoms. The van der Waals surface area contributed by atoms with Gasteiger partial charge < -0.3 is 4.57 Å². The van der Waals surface area contributed by atoms with Gasteiger partial charge in [-0.2, -0.15) is 9.39 Å². The van der Waals surface area contributed by atoms with Crippen LogP contribution in [0.2, 0.25) is 0 Å². The van der Waals surface area contributed by atoms with E-state index in [4.69, 9.17) is 5.41 Å². The number of thioether (sulfide) groups is 1. The molecule has 0 atom stereocenters. The quantitative estimate of drug-likeness (QED) is 0.564. The van der Waals surface area contributed by atoms with Crippen molar-refractivity contribution in [3.63, 3.8) is 0 Å². The van der Waals surface area contributed by atoms with Crippen molar-refractivity contribution in [1.82, 2.24) is 9.47 Å². The molecule has 0 fully saturated rings. The van der Waals surface area contributed by atoms with Gasteiger partial charge in [-0.05, 0) is 62.8 Å². The summed E-state index contributed by atoms with van der Waals surface area (Å²) < 4.78 is 6.50. The number of carbonyl (C=O) groups is 1. The van der Waals surface area contributed by atoms with E-state index < -0.39 is 5.91 Å². The number of fused-ring (bicyclic) bond motifs is 1. The maximum absolute atomic E-state index is 12.6. The Morgan fingerprint density at radius 2 is 1.86 bits per heavy atom. The number of aromatic nitrogens is 1. The molecule has 2 aliphatic heterocycles. The molecule has 0 saturated carbocycles. The predicted molar refractivity (Wildman–Crippen MR) is 123 cm³/mol. The van der Waals surface area contributed by atoms with Gasteiger partial charge in [0.05, 0.1) is 23.2 Å². The average molecular weight is 424 g/mol. The zero-order valence-electron chi connectivity index (χ0n) is 16.9. The maximum atomic E-state index is 12.6. The molecular formula is C21H21N5OS2. The SMILES string of the molecule is CSC1=NSC2=NC(=O)/C(=C\c3cc(C)n(-c4c(C)cccc4C)c3C)C(=N)N12. The summed E-state index contributed by atoms with van der Waals surface area (Å²) >= 11 is 2.57. The van der Waals surface area contributed by atoms with Gasteiger partial charge in [0.15, 0.2) is 5.17 Å². The van der Waals surface area contributed by atoms with E-state index in [0.717, 1.165) is 34.6 Å². The van der Waals surface area contributed by atoms with Crippen molar-refractivity contribution in [2.24, 2.45) is 9.39 Å². The number of benzene rings is 1. The summed E-state index contributed by atoms with van der Waals surface area (Å²) in [4.78, 5) is 18.4. The molecule has 0 saturated heterocycles. The van der Waals surface area contributed by atoms with E-state index in [1.807, 2.05) is 13.2 Å². The highest BCUT2D eigenvalue weighted by molar-refractivity contribution is 8.18. The molecule has 6 nitrogen and oxygen atoms in total. The van der Waals surface area contributed by atoms with Crippen molar-refractivity contribution < 1.29 is 4.79 Å². The number of amidine groups is 3. The van der Waals surface area contributed by atoms with Crippen molar-refractivity contribution in [3.05, 3.63) is 57.9 Å². The van der Waals surface area contributed by atoms with E-state index in [2.05, 4.69) is 59.0 Å². The second-order valence-electron chi connectivity index (χ2n) is 7.01. The fourth-order valence-corrected chi connectivity index (χ4v) is 5.18. The monoisotopic (exact) mass is 423 g/mol. The molecule has 1 N–H and O–H groups in total. The molecule has 1 amide bonds. The summed E-state index contributed by atoms with van der Waals surface area (Å²) in [6.45, 7) is 8.30. The first-order chi connectivity index (χ1) is 13.8. The number of nitrogens with zero attached hydrogens (tertiary/aromatic N) is 4. The Morgan fingerprint density at radius 3 is 2.52 bits per heavy atom. The minimum atomic E-state index is -0.400. The maximum Gasteiger partial charge on any atom is 0.283 e. The van der Waals surface area contributed by atoms with Crippen molar-refractivity contribution in [1.29, 1.82) is 5.41 Å². The van der Waals surface area contributed by atoms with E-state index in [1.54, 1.807) is 11.0 Å². The lowest BCUT2D eigenvalue weighted by Crippen LogP contribution is -2.41. The van der Waals surface area contributed by atoms with Crippen LogP contribution >= 0.6 is 23.7 Å². The molecule has 1 aromatic carbocycles. The summed E-state index contributed by atoms with van der Waals surface area (Å²) in [6, 6.07) is 8.31. The van der Waals surface area contributed by atoms with Crippen LogP contribution < -0.4 is 0 Å². The number of aliphatic imine (C=N–C) groups is 1. The van der Waals surface area contributed by atoms with Gasteiger partial charge in [-0.15, -0.1) is 0 Å². The van der Waals surface area contributed by atoms with Crippen LogP contribution in [0.4, 0.5) is 0 Å². The molecule has 8 heteroatoms. The second-order valence-corrected chi connectivity index (χ2v) is 8.52. The number of para-hydroxylation sites is 1. The van der Waals surface area contributed by atoms with E-state index in [-0.39, 0.29) is 11.4 Å². The van der Waals surface area contributed by atoms with Gasteiger partial charge in [0.25, 0.3) is 5.91 Å². The zero-order valence-corrected chi connectivity index (χ0v) is 18.5. The number of hydrogen-bond acceptors (Lipinski definition) is 5. The smallest absolute Gasteiger partial charge is 0.283 e. The van der Waals surface area contributed by atoms with Crippen LogP contribution in [0.3, 0.4) is 0 Å². The zero-order chi connectivity index (χ0) is 20.9. The van der Waals surface area contributed by atoms with Crippen molar-refractivity contribution in [3.8, 4) is 5.69 Å². The van der Waals surface area contributed by atoms with Gasteiger partial charge in [-0.25, -0.2) is 4.90 Å². The van der Waals surface area contributed by atoms with Gasteiger partial charge in [-0.3, -0.25) is 10.2 Å². The predicted octanol–water partition coefficient (Wildman–Crippen LogP) is 4.65. The summed E-state index contributed by atoms with van der Waals surface area (Å²) in [5.74, 6) is -0.279. The Labute approximate surface area is 178 Å². The second kappa shape index (κ2) is 7.35. The molecule has 4 rings (SSSR count). The minimum absolute atomic E-state index is 0.120. The standard InChI is InChI=1S/C21H21N5OS2/c1-11-7-6-8-12(2)17(11)25-13(3)9-15(14(25)4)10-16-18(22)26-20(23-19(16)27)29-24-21(26)28-5/h6-10,22H,1-5H3/b16-10-,22-18?. The molecule has 0 aliphatic carbocycles. The molecular weight excluding hydrogens is 402 g/mol. The van der Waals surface area contributed by atoms with Crippen molar-refractivity contribution in [2.75, 3.05) is 6.26 Å². The molecule has 3 heterocycles. The third-order valence-electron chi connectivity index (χ3n) is 5.11. The fourth-order valence-electron chi connectivity index (χ4n) is 3.72. The molecule has 0 spiro atoms. The third-order valence-corrected chi connectivity index (χ3v) is 6.57. The lowest BCUT2D eigenvalue weighted by atomic mass is 10.1. The minimum Gasteiger partial charge on any atom is -0.317 e. The van der Waals surface area contributed by atoms with E-state index in [9.17, 15) is 4.79 Å². The average Bonchev–Trinajstić information content (AvgIpc) is 3.20. The molecule has 1 aromatic heterocycles. The van der Waals surface area contributed by atoms with Crippen LogP contribution in [0.5, 0.6) is 0 Å². The van der Waals surface area contributed by atoms with Crippen LogP contribution in [0, 0.1) is 33.1 Å². The Balaban J connectivity index is 1.82. The van der Waals surface area contributed by atoms with Crippen LogP contribution in [0.25, 0.3) is 11.8 Å². The molecule has 148 valence electrons. The third kappa shape index (κ3) is 3.16. The number of nitrogens with one attached hydrogen (secondary N) is 1. The van der Waals surface area contributed by atoms with Gasteiger partial charge in [-0.1, -0.05) is 30.0 Å². The first-order valence-electron chi connectivity index (χ1n) is 9.11. The molecule has 0 radical (unpaired) electrons. The molecule has 0 unspecified atom stereocenters. The lowest BCUT2D eigenvalue weighted by molar-refractivity contribution is -0.114. The topological polar surface area (TPSA) is 73.8 Å². The van der Waals surface area contributed by atoms with E-state index in [0.29, 0.717) is 10.3 Å². The summed E-state index contributed by atoms with van der Waals surface area (Å²) in [6.07, 6.45) is 3.67. The first-order valence-corrected chi connectivity index (χ1v) is 11.1. The molecule has 2 aromatic rings. The number of carbonyl (C=O) groups excluding carboxylic acids is 1. The first kappa shape index (κ1) is 19.7. The number of hydrogen-bond donors (Lipinski definition) is 1. The van der Waals surface area contributed by atoms with Crippen molar-refractivity contribution >= 4 is 51.9 Å². The Kier molecular flexibility index (Phi) is 5.00. The van der Waals surface area contributed by atoms with Gasteiger partial charge in [0.2, 0.25) is 5.17 Å².